The highest BCUT2D eigenvalue weighted by molar-refractivity contribution is 5.91. The Bertz CT molecular complexity index is 1310. The van der Waals surface area contributed by atoms with Crippen molar-refractivity contribution >= 4 is 23.0 Å². The molecule has 1 aromatic heterocycles. The molecule has 38 heavy (non-hydrogen) atoms. The zero-order valence-electron chi connectivity index (χ0n) is 22.1. The van der Waals surface area contributed by atoms with Gasteiger partial charge in [-0.1, -0.05) is 55.0 Å². The predicted molar refractivity (Wildman–Crippen MR) is 153 cm³/mol. The average Bonchev–Trinajstić information content (AvgIpc) is 3.31. The van der Waals surface area contributed by atoms with Crippen LogP contribution >= 0.6 is 0 Å². The first-order valence-electron chi connectivity index (χ1n) is 13.4. The molecule has 1 amide bonds. The summed E-state index contributed by atoms with van der Waals surface area (Å²) in [6.45, 7) is 2.27. The van der Waals surface area contributed by atoms with Crippen LogP contribution in [0, 0.1) is 0 Å². The van der Waals surface area contributed by atoms with Crippen LogP contribution in [0.15, 0.2) is 84.9 Å². The Labute approximate surface area is 225 Å². The molecular weight excluding hydrogens is 474 g/mol. The van der Waals surface area contributed by atoms with E-state index in [0.29, 0.717) is 13.2 Å². The van der Waals surface area contributed by atoms with Crippen LogP contribution < -0.4 is 14.8 Å². The SMILES string of the molecule is COc1cccc(OCCCCn2c(CCCCCNC(=O)/C=C/c3ccccc3)nc3ccccc32)c1. The number of benzene rings is 3. The second-order valence-electron chi connectivity index (χ2n) is 9.25. The third-order valence-electron chi connectivity index (χ3n) is 6.42. The number of methoxy groups -OCH3 is 1. The number of imidazole rings is 1. The van der Waals surface area contributed by atoms with Gasteiger partial charge < -0.3 is 19.4 Å². The fourth-order valence-corrected chi connectivity index (χ4v) is 4.41. The highest BCUT2D eigenvalue weighted by Crippen LogP contribution is 2.21. The van der Waals surface area contributed by atoms with Crippen molar-refractivity contribution in [2.45, 2.75) is 45.1 Å². The fourth-order valence-electron chi connectivity index (χ4n) is 4.41. The quantitative estimate of drug-likeness (QED) is 0.147. The molecule has 0 saturated carbocycles. The van der Waals surface area contributed by atoms with Gasteiger partial charge in [0.05, 0.1) is 24.8 Å². The van der Waals surface area contributed by atoms with Gasteiger partial charge >= 0.3 is 0 Å². The fraction of sp³-hybridized carbons (Fsp3) is 0.312. The van der Waals surface area contributed by atoms with E-state index in [2.05, 4.69) is 28.1 Å². The Balaban J connectivity index is 1.19. The van der Waals surface area contributed by atoms with Crippen molar-refractivity contribution in [2.75, 3.05) is 20.3 Å². The van der Waals surface area contributed by atoms with Gasteiger partial charge in [-0.2, -0.15) is 0 Å². The average molecular weight is 512 g/mol. The lowest BCUT2D eigenvalue weighted by atomic mass is 10.2. The van der Waals surface area contributed by atoms with Crippen LogP contribution in [0.3, 0.4) is 0 Å². The number of unbranched alkanes of at least 4 members (excludes halogenated alkanes) is 3. The molecule has 0 fully saturated rings. The van der Waals surface area contributed by atoms with Gasteiger partial charge in [0.1, 0.15) is 17.3 Å². The molecule has 0 radical (unpaired) electrons. The van der Waals surface area contributed by atoms with Gasteiger partial charge in [0.15, 0.2) is 0 Å². The normalized spacial score (nSPS) is 11.2. The topological polar surface area (TPSA) is 65.4 Å². The number of nitrogens with zero attached hydrogens (tertiary/aromatic N) is 2. The second kappa shape index (κ2) is 14.6. The van der Waals surface area contributed by atoms with Crippen LogP contribution in [0.4, 0.5) is 0 Å². The number of ether oxygens (including phenoxy) is 2. The Hall–Kier alpha value is -4.06. The van der Waals surface area contributed by atoms with Crippen molar-refractivity contribution in [3.63, 3.8) is 0 Å². The van der Waals surface area contributed by atoms with E-state index in [1.54, 1.807) is 13.2 Å². The van der Waals surface area contributed by atoms with Crippen LogP contribution in [-0.2, 0) is 17.8 Å². The molecule has 6 nitrogen and oxygen atoms in total. The largest absolute Gasteiger partial charge is 0.497 e. The van der Waals surface area contributed by atoms with Gasteiger partial charge in [0.25, 0.3) is 0 Å². The third-order valence-corrected chi connectivity index (χ3v) is 6.42. The van der Waals surface area contributed by atoms with Crippen molar-refractivity contribution in [3.8, 4) is 11.5 Å². The number of para-hydroxylation sites is 2. The summed E-state index contributed by atoms with van der Waals surface area (Å²) in [4.78, 5) is 17.0. The van der Waals surface area contributed by atoms with Gasteiger partial charge in [-0.25, -0.2) is 4.98 Å². The number of hydrogen-bond acceptors (Lipinski definition) is 4. The minimum atomic E-state index is -0.0500. The summed E-state index contributed by atoms with van der Waals surface area (Å²) >= 11 is 0. The van der Waals surface area contributed by atoms with E-state index in [4.69, 9.17) is 14.5 Å². The molecule has 0 aliphatic rings. The molecule has 0 unspecified atom stereocenters. The standard InChI is InChI=1S/C32H37N3O3/c1-37-27-15-12-16-28(25-27)38-24-11-10-23-35-30-18-8-7-17-29(30)34-31(35)19-6-3-9-22-33-32(36)21-20-26-13-4-2-5-14-26/h2,4-5,7-8,12-18,20-21,25H,3,6,9-11,19,22-24H2,1H3,(H,33,36)/b21-20+. The molecule has 0 aliphatic heterocycles. The van der Waals surface area contributed by atoms with Crippen molar-refractivity contribution in [3.05, 3.63) is 96.3 Å². The molecule has 1 N–H and O–H groups in total. The van der Waals surface area contributed by atoms with Crippen molar-refractivity contribution in [2.24, 2.45) is 0 Å². The van der Waals surface area contributed by atoms with E-state index in [1.807, 2.05) is 66.7 Å². The summed E-state index contributed by atoms with van der Waals surface area (Å²) < 4.78 is 13.5. The zero-order chi connectivity index (χ0) is 26.4. The van der Waals surface area contributed by atoms with Crippen molar-refractivity contribution in [1.82, 2.24) is 14.9 Å². The van der Waals surface area contributed by atoms with Crippen molar-refractivity contribution < 1.29 is 14.3 Å². The molecule has 1 heterocycles. The molecule has 0 aliphatic carbocycles. The number of carbonyl (C=O) groups is 1. The molecule has 4 rings (SSSR count). The minimum absolute atomic E-state index is 0.0500. The van der Waals surface area contributed by atoms with E-state index >= 15 is 0 Å². The number of aryl methyl sites for hydroxylation is 2. The summed E-state index contributed by atoms with van der Waals surface area (Å²) in [6, 6.07) is 25.9. The maximum absolute atomic E-state index is 12.0. The molecular formula is C32H37N3O3. The number of aromatic nitrogens is 2. The Morgan fingerprint density at radius 2 is 1.71 bits per heavy atom. The van der Waals surface area contributed by atoms with E-state index < -0.39 is 0 Å². The van der Waals surface area contributed by atoms with Crippen molar-refractivity contribution in [1.29, 1.82) is 0 Å². The molecule has 198 valence electrons. The third kappa shape index (κ3) is 8.23. The first-order valence-corrected chi connectivity index (χ1v) is 13.4. The maximum Gasteiger partial charge on any atom is 0.243 e. The molecule has 0 spiro atoms. The van der Waals surface area contributed by atoms with Crippen LogP contribution in [0.1, 0.15) is 43.5 Å². The van der Waals surface area contributed by atoms with Crippen LogP contribution in [0.5, 0.6) is 11.5 Å². The van der Waals surface area contributed by atoms with Crippen LogP contribution in [0.2, 0.25) is 0 Å². The van der Waals surface area contributed by atoms with Gasteiger partial charge in [-0.3, -0.25) is 4.79 Å². The number of amides is 1. The highest BCUT2D eigenvalue weighted by Gasteiger charge is 2.10. The zero-order valence-corrected chi connectivity index (χ0v) is 22.1. The van der Waals surface area contributed by atoms with Gasteiger partial charge in [0, 0.05) is 31.7 Å². The molecule has 0 saturated heterocycles. The molecule has 0 bridgehead atoms. The summed E-state index contributed by atoms with van der Waals surface area (Å²) in [5.74, 6) is 2.72. The number of hydrogen-bond donors (Lipinski definition) is 1. The lowest BCUT2D eigenvalue weighted by Gasteiger charge is -2.11. The highest BCUT2D eigenvalue weighted by atomic mass is 16.5. The smallest absolute Gasteiger partial charge is 0.243 e. The Morgan fingerprint density at radius 3 is 2.58 bits per heavy atom. The first-order chi connectivity index (χ1) is 18.7. The lowest BCUT2D eigenvalue weighted by molar-refractivity contribution is -0.116. The summed E-state index contributed by atoms with van der Waals surface area (Å²) in [5, 5.41) is 2.98. The molecule has 6 heteroatoms. The monoisotopic (exact) mass is 511 g/mol. The number of fused-ring (bicyclic) bond motifs is 1. The maximum atomic E-state index is 12.0. The second-order valence-corrected chi connectivity index (χ2v) is 9.25. The lowest BCUT2D eigenvalue weighted by Crippen LogP contribution is -2.22. The van der Waals surface area contributed by atoms with E-state index in [1.165, 1.54) is 5.52 Å². The van der Waals surface area contributed by atoms with Gasteiger partial charge in [0.2, 0.25) is 5.91 Å². The molecule has 3 aromatic carbocycles. The van der Waals surface area contributed by atoms with Crippen LogP contribution in [-0.4, -0.2) is 35.7 Å². The first kappa shape index (κ1) is 27.0. The summed E-state index contributed by atoms with van der Waals surface area (Å²) in [7, 11) is 1.66. The Kier molecular flexibility index (Phi) is 10.4. The predicted octanol–water partition coefficient (Wildman–Crippen LogP) is 6.45. The van der Waals surface area contributed by atoms with Gasteiger partial charge in [-0.15, -0.1) is 0 Å². The Morgan fingerprint density at radius 1 is 0.895 bits per heavy atom. The molecule has 0 atom stereocenters. The van der Waals surface area contributed by atoms with Crippen LogP contribution in [0.25, 0.3) is 17.1 Å². The number of carbonyl (C=O) groups excluding carboxylic acids is 1. The van der Waals surface area contributed by atoms with E-state index in [-0.39, 0.29) is 5.91 Å². The van der Waals surface area contributed by atoms with E-state index in [0.717, 1.165) is 73.5 Å². The van der Waals surface area contributed by atoms with E-state index in [9.17, 15) is 4.79 Å². The number of nitrogens with one attached hydrogen (secondary N) is 1. The summed E-state index contributed by atoms with van der Waals surface area (Å²) in [5.41, 5.74) is 3.26. The number of rotatable bonds is 15. The van der Waals surface area contributed by atoms with Gasteiger partial charge in [-0.05, 0) is 61.6 Å². The molecule has 4 aromatic rings. The summed E-state index contributed by atoms with van der Waals surface area (Å²) in [6.07, 6.45) is 9.37. The minimum Gasteiger partial charge on any atom is -0.497 e.